The molecule has 0 bridgehead atoms. The smallest absolute Gasteiger partial charge is 0.0509 e. The molecule has 0 fully saturated rings. The topological polar surface area (TPSA) is 40.5 Å². The van der Waals surface area contributed by atoms with Gasteiger partial charge in [0.05, 0.1) is 13.2 Å². The molecular formula is C9H18O2. The van der Waals surface area contributed by atoms with Crippen LogP contribution >= 0.6 is 0 Å². The number of rotatable bonds is 4. The molecule has 0 atom stereocenters. The van der Waals surface area contributed by atoms with Gasteiger partial charge in [0.1, 0.15) is 0 Å². The Morgan fingerprint density at radius 3 is 2.00 bits per heavy atom. The Hall–Kier alpha value is -0.340. The third kappa shape index (κ3) is 4.17. The summed E-state index contributed by atoms with van der Waals surface area (Å²) >= 11 is 0. The highest BCUT2D eigenvalue weighted by Gasteiger charge is 2.20. The minimum absolute atomic E-state index is 0.0350. The summed E-state index contributed by atoms with van der Waals surface area (Å²) in [6, 6.07) is 0. The first-order valence-corrected chi connectivity index (χ1v) is 3.89. The molecule has 0 amide bonds. The Labute approximate surface area is 68.6 Å². The molecule has 0 radical (unpaired) electrons. The first kappa shape index (κ1) is 10.7. The molecule has 0 rings (SSSR count). The first-order valence-electron chi connectivity index (χ1n) is 3.89. The van der Waals surface area contributed by atoms with Gasteiger partial charge in [-0.25, -0.2) is 0 Å². The normalized spacial score (nSPS) is 11.4. The molecule has 11 heavy (non-hydrogen) atoms. The number of hydrogen-bond acceptors (Lipinski definition) is 2. The molecule has 2 heteroatoms. The van der Waals surface area contributed by atoms with E-state index < -0.39 is 0 Å². The lowest BCUT2D eigenvalue weighted by Crippen LogP contribution is -2.25. The summed E-state index contributed by atoms with van der Waals surface area (Å²) in [6.45, 7) is 5.96. The molecule has 0 saturated carbocycles. The molecule has 0 aliphatic carbocycles. The average molecular weight is 158 g/mol. The van der Waals surface area contributed by atoms with E-state index in [4.69, 9.17) is 10.2 Å². The van der Waals surface area contributed by atoms with Crippen LogP contribution in [0.1, 0.15) is 27.2 Å². The highest BCUT2D eigenvalue weighted by Crippen LogP contribution is 2.20. The van der Waals surface area contributed by atoms with Crippen molar-refractivity contribution in [3.63, 3.8) is 0 Å². The molecule has 0 spiro atoms. The summed E-state index contributed by atoms with van der Waals surface area (Å²) in [7, 11) is 0. The van der Waals surface area contributed by atoms with E-state index in [1.807, 2.05) is 26.8 Å². The fourth-order valence-electron chi connectivity index (χ4n) is 0.630. The highest BCUT2D eigenvalue weighted by atomic mass is 16.3. The van der Waals surface area contributed by atoms with E-state index in [9.17, 15) is 0 Å². The van der Waals surface area contributed by atoms with E-state index in [2.05, 4.69) is 0 Å². The van der Waals surface area contributed by atoms with Crippen LogP contribution in [-0.2, 0) is 0 Å². The van der Waals surface area contributed by atoms with Crippen LogP contribution in [0.2, 0.25) is 0 Å². The highest BCUT2D eigenvalue weighted by molar-refractivity contribution is 4.96. The first-order chi connectivity index (χ1) is 5.04. The average Bonchev–Trinajstić information content (AvgIpc) is 2.00. The number of allylic oxidation sites excluding steroid dienone is 2. The number of hydrogen-bond donors (Lipinski definition) is 2. The van der Waals surface area contributed by atoms with Crippen LogP contribution in [-0.4, -0.2) is 23.4 Å². The third-order valence-corrected chi connectivity index (χ3v) is 1.77. The fourth-order valence-corrected chi connectivity index (χ4v) is 0.630. The van der Waals surface area contributed by atoms with Gasteiger partial charge >= 0.3 is 0 Å². The van der Waals surface area contributed by atoms with Gasteiger partial charge in [-0.3, -0.25) is 0 Å². The predicted molar refractivity (Wildman–Crippen MR) is 46.3 cm³/mol. The minimum atomic E-state index is -0.350. The van der Waals surface area contributed by atoms with Crippen molar-refractivity contribution in [3.8, 4) is 0 Å². The molecule has 0 unspecified atom stereocenters. The maximum Gasteiger partial charge on any atom is 0.0509 e. The SMILES string of the molecule is CC(C)=CCC(C)(CO)CO. The minimum Gasteiger partial charge on any atom is -0.396 e. The fraction of sp³-hybridized carbons (Fsp3) is 0.778. The zero-order valence-corrected chi connectivity index (χ0v) is 7.59. The second kappa shape index (κ2) is 4.52. The van der Waals surface area contributed by atoms with Crippen molar-refractivity contribution < 1.29 is 10.2 Å². The van der Waals surface area contributed by atoms with Gasteiger partial charge in [0.15, 0.2) is 0 Å². The van der Waals surface area contributed by atoms with Crippen molar-refractivity contribution in [2.45, 2.75) is 27.2 Å². The summed E-state index contributed by atoms with van der Waals surface area (Å²) in [4.78, 5) is 0. The summed E-state index contributed by atoms with van der Waals surface area (Å²) in [5.74, 6) is 0. The molecule has 2 nitrogen and oxygen atoms in total. The summed E-state index contributed by atoms with van der Waals surface area (Å²) in [5, 5.41) is 17.8. The largest absolute Gasteiger partial charge is 0.396 e. The second-order valence-corrected chi connectivity index (χ2v) is 3.61. The van der Waals surface area contributed by atoms with Crippen LogP contribution in [0.3, 0.4) is 0 Å². The molecule has 0 saturated heterocycles. The van der Waals surface area contributed by atoms with Crippen molar-refractivity contribution in [1.82, 2.24) is 0 Å². The zero-order chi connectivity index (χ0) is 8.91. The van der Waals surface area contributed by atoms with Gasteiger partial charge in [-0.15, -0.1) is 0 Å². The Kier molecular flexibility index (Phi) is 4.38. The maximum atomic E-state index is 8.91. The van der Waals surface area contributed by atoms with Crippen LogP contribution in [0, 0.1) is 5.41 Å². The summed E-state index contributed by atoms with van der Waals surface area (Å²) in [5.41, 5.74) is 0.871. The van der Waals surface area contributed by atoms with Crippen LogP contribution in [0.4, 0.5) is 0 Å². The third-order valence-electron chi connectivity index (χ3n) is 1.77. The van der Waals surface area contributed by atoms with Gasteiger partial charge in [-0.1, -0.05) is 18.6 Å². The summed E-state index contributed by atoms with van der Waals surface area (Å²) < 4.78 is 0. The van der Waals surface area contributed by atoms with E-state index in [1.165, 1.54) is 5.57 Å². The molecule has 0 aliphatic rings. The van der Waals surface area contributed by atoms with E-state index in [1.54, 1.807) is 0 Å². The second-order valence-electron chi connectivity index (χ2n) is 3.61. The molecule has 0 aliphatic heterocycles. The molecule has 2 N–H and O–H groups in total. The predicted octanol–water partition coefficient (Wildman–Crippen LogP) is 1.33. The van der Waals surface area contributed by atoms with Crippen molar-refractivity contribution in [2.75, 3.05) is 13.2 Å². The van der Waals surface area contributed by atoms with Gasteiger partial charge in [-0.05, 0) is 20.3 Å². The number of aliphatic hydroxyl groups excluding tert-OH is 2. The van der Waals surface area contributed by atoms with E-state index in [-0.39, 0.29) is 18.6 Å². The molecule has 0 aromatic carbocycles. The van der Waals surface area contributed by atoms with E-state index in [0.717, 1.165) is 6.42 Å². The van der Waals surface area contributed by atoms with Gasteiger partial charge in [0, 0.05) is 5.41 Å². The Balaban J connectivity index is 3.98. The van der Waals surface area contributed by atoms with Gasteiger partial charge in [0.25, 0.3) is 0 Å². The molecule has 0 heterocycles. The van der Waals surface area contributed by atoms with Crippen LogP contribution in [0.25, 0.3) is 0 Å². The maximum absolute atomic E-state index is 8.91. The summed E-state index contributed by atoms with van der Waals surface area (Å²) in [6.07, 6.45) is 2.77. The number of aliphatic hydroxyl groups is 2. The van der Waals surface area contributed by atoms with Crippen molar-refractivity contribution in [1.29, 1.82) is 0 Å². The lowest BCUT2D eigenvalue weighted by Gasteiger charge is -2.22. The van der Waals surface area contributed by atoms with Crippen LogP contribution < -0.4 is 0 Å². The van der Waals surface area contributed by atoms with Gasteiger partial charge < -0.3 is 10.2 Å². The van der Waals surface area contributed by atoms with Crippen LogP contribution in [0.15, 0.2) is 11.6 Å². The Morgan fingerprint density at radius 2 is 1.73 bits per heavy atom. The Morgan fingerprint density at radius 1 is 1.27 bits per heavy atom. The molecular weight excluding hydrogens is 140 g/mol. The van der Waals surface area contributed by atoms with E-state index >= 15 is 0 Å². The quantitative estimate of drug-likeness (QED) is 0.606. The van der Waals surface area contributed by atoms with Crippen molar-refractivity contribution in [2.24, 2.45) is 5.41 Å². The van der Waals surface area contributed by atoms with Gasteiger partial charge in [-0.2, -0.15) is 0 Å². The van der Waals surface area contributed by atoms with E-state index in [0.29, 0.717) is 0 Å². The standard InChI is InChI=1S/C9H18O2/c1-8(2)4-5-9(3,6-10)7-11/h4,10-11H,5-7H2,1-3H3. The zero-order valence-electron chi connectivity index (χ0n) is 7.59. The molecule has 0 aromatic heterocycles. The van der Waals surface area contributed by atoms with Crippen LogP contribution in [0.5, 0.6) is 0 Å². The van der Waals surface area contributed by atoms with Gasteiger partial charge in [0.2, 0.25) is 0 Å². The molecule has 66 valence electrons. The Bertz CT molecular complexity index is 130. The monoisotopic (exact) mass is 158 g/mol. The van der Waals surface area contributed by atoms with Crippen molar-refractivity contribution in [3.05, 3.63) is 11.6 Å². The molecule has 0 aromatic rings. The lowest BCUT2D eigenvalue weighted by molar-refractivity contribution is 0.0725. The lowest BCUT2D eigenvalue weighted by atomic mass is 9.88. The van der Waals surface area contributed by atoms with Crippen molar-refractivity contribution >= 4 is 0 Å².